The van der Waals surface area contributed by atoms with Gasteiger partial charge in [0.25, 0.3) is 0 Å². The summed E-state index contributed by atoms with van der Waals surface area (Å²) < 4.78 is 0. The quantitative estimate of drug-likeness (QED) is 0.677. The van der Waals surface area contributed by atoms with Gasteiger partial charge in [-0.1, -0.05) is 12.1 Å². The smallest absolute Gasteiger partial charge is 0.241 e. The lowest BCUT2D eigenvalue weighted by atomic mass is 9.79. The van der Waals surface area contributed by atoms with E-state index in [2.05, 4.69) is 20.5 Å². The Bertz CT molecular complexity index is 1110. The minimum atomic E-state index is -0.618. The highest BCUT2D eigenvalue weighted by Crippen LogP contribution is 2.46. The fraction of sp³-hybridized carbons (Fsp3) is 0.417. The van der Waals surface area contributed by atoms with Crippen molar-refractivity contribution in [3.8, 4) is 0 Å². The maximum atomic E-state index is 12.9. The van der Waals surface area contributed by atoms with Crippen LogP contribution in [0, 0.1) is 5.92 Å². The van der Waals surface area contributed by atoms with Crippen LogP contribution in [0.2, 0.25) is 0 Å². The molecule has 3 amide bonds. The van der Waals surface area contributed by atoms with E-state index < -0.39 is 5.41 Å². The number of nitrogens with two attached hydrogens (primary N) is 1. The zero-order chi connectivity index (χ0) is 22.5. The van der Waals surface area contributed by atoms with Crippen LogP contribution in [-0.2, 0) is 32.6 Å². The fourth-order valence-corrected chi connectivity index (χ4v) is 5.33. The predicted molar refractivity (Wildman–Crippen MR) is 120 cm³/mol. The second kappa shape index (κ2) is 7.70. The lowest BCUT2D eigenvalue weighted by Gasteiger charge is -2.34. The molecule has 8 nitrogen and oxygen atoms in total. The highest BCUT2D eigenvalue weighted by Gasteiger charge is 2.51. The molecule has 1 aliphatic carbocycles. The Hall–Kier alpha value is -3.26. The van der Waals surface area contributed by atoms with Gasteiger partial charge in [-0.2, -0.15) is 0 Å². The lowest BCUT2D eigenvalue weighted by Crippen LogP contribution is -2.47. The van der Waals surface area contributed by atoms with Gasteiger partial charge >= 0.3 is 0 Å². The van der Waals surface area contributed by atoms with Crippen molar-refractivity contribution in [1.82, 2.24) is 9.88 Å². The number of hydrogen-bond acceptors (Lipinski definition) is 5. The minimum absolute atomic E-state index is 0.0130. The van der Waals surface area contributed by atoms with Crippen molar-refractivity contribution in [3.05, 3.63) is 53.2 Å². The molecule has 32 heavy (non-hydrogen) atoms. The van der Waals surface area contributed by atoms with Crippen LogP contribution >= 0.6 is 0 Å². The van der Waals surface area contributed by atoms with E-state index in [-0.39, 0.29) is 29.7 Å². The first-order valence-corrected chi connectivity index (χ1v) is 11.1. The molecule has 0 unspecified atom stereocenters. The van der Waals surface area contributed by atoms with E-state index in [4.69, 9.17) is 5.73 Å². The van der Waals surface area contributed by atoms with Crippen LogP contribution in [0.25, 0.3) is 0 Å². The Morgan fingerprint density at radius 3 is 2.72 bits per heavy atom. The number of fused-ring (bicyclic) bond motifs is 3. The van der Waals surface area contributed by atoms with Gasteiger partial charge in [0.2, 0.25) is 17.7 Å². The van der Waals surface area contributed by atoms with Crippen LogP contribution in [-0.4, -0.2) is 46.7 Å². The number of likely N-dealkylation sites (tertiary alicyclic amines) is 1. The zero-order valence-corrected chi connectivity index (χ0v) is 18.1. The number of piperidine rings is 1. The number of nitrogens with one attached hydrogen (secondary N) is 2. The Morgan fingerprint density at radius 2 is 1.97 bits per heavy atom. The molecule has 5 rings (SSSR count). The molecule has 1 aromatic heterocycles. The van der Waals surface area contributed by atoms with Gasteiger partial charge in [-0.15, -0.1) is 0 Å². The van der Waals surface area contributed by atoms with E-state index in [0.717, 1.165) is 22.4 Å². The number of hydrogen-bond donors (Lipinski definition) is 3. The van der Waals surface area contributed by atoms with E-state index in [1.807, 2.05) is 37.3 Å². The third-order valence-electron chi connectivity index (χ3n) is 7.31. The molecule has 1 fully saturated rings. The van der Waals surface area contributed by atoms with Crippen LogP contribution < -0.4 is 16.4 Å². The average molecular weight is 434 g/mol. The second-order valence-electron chi connectivity index (χ2n) is 9.15. The number of anilines is 2. The first-order chi connectivity index (χ1) is 15.4. The van der Waals surface area contributed by atoms with Gasteiger partial charge < -0.3 is 16.4 Å². The van der Waals surface area contributed by atoms with Crippen LogP contribution in [0.4, 0.5) is 11.5 Å². The molecule has 1 saturated heterocycles. The van der Waals surface area contributed by atoms with Gasteiger partial charge in [-0.05, 0) is 75.0 Å². The Balaban J connectivity index is 1.28. The second-order valence-corrected chi connectivity index (χ2v) is 9.15. The van der Waals surface area contributed by atoms with Crippen molar-refractivity contribution in [2.45, 2.75) is 44.1 Å². The first-order valence-electron chi connectivity index (χ1n) is 11.1. The molecule has 2 aromatic rings. The van der Waals surface area contributed by atoms with Gasteiger partial charge in [0, 0.05) is 23.4 Å². The Morgan fingerprint density at radius 1 is 1.22 bits per heavy atom. The van der Waals surface area contributed by atoms with E-state index in [9.17, 15) is 14.4 Å². The van der Waals surface area contributed by atoms with Crippen molar-refractivity contribution >= 4 is 29.2 Å². The molecule has 4 N–H and O–H groups in total. The van der Waals surface area contributed by atoms with Crippen LogP contribution in [0.15, 0.2) is 36.5 Å². The standard InChI is InChI=1S/C24H27N5O3/c1-14(29-9-6-15(7-10-29)20(25)30)22(31)27-18-5-4-16-12-24(13-17(16)11-18)19-3-2-8-26-21(19)28-23(24)32/h2-5,8,11,14-15H,6-7,9-10,12-13H2,1H3,(H2,25,30)(H,27,31)(H,26,28,32)/t14-,24+/m0/s1. The molecular formula is C24H27N5O3. The van der Waals surface area contributed by atoms with Gasteiger partial charge in [-0.3, -0.25) is 19.3 Å². The van der Waals surface area contributed by atoms with E-state index in [0.29, 0.717) is 44.6 Å². The minimum Gasteiger partial charge on any atom is -0.369 e. The summed E-state index contributed by atoms with van der Waals surface area (Å²) in [4.78, 5) is 43.5. The van der Waals surface area contributed by atoms with Crippen LogP contribution in [0.3, 0.4) is 0 Å². The molecule has 3 aliphatic rings. The number of pyridine rings is 1. The topological polar surface area (TPSA) is 117 Å². The van der Waals surface area contributed by atoms with Crippen molar-refractivity contribution in [2.75, 3.05) is 23.7 Å². The van der Waals surface area contributed by atoms with Crippen molar-refractivity contribution in [2.24, 2.45) is 11.7 Å². The average Bonchev–Trinajstić information content (AvgIpc) is 3.30. The highest BCUT2D eigenvalue weighted by molar-refractivity contribution is 6.06. The Kier molecular flexibility index (Phi) is 4.97. The molecule has 3 heterocycles. The molecule has 2 atom stereocenters. The van der Waals surface area contributed by atoms with Crippen molar-refractivity contribution in [1.29, 1.82) is 0 Å². The third-order valence-corrected chi connectivity index (χ3v) is 7.31. The molecule has 0 bridgehead atoms. The molecule has 8 heteroatoms. The van der Waals surface area contributed by atoms with Gasteiger partial charge in [0.15, 0.2) is 0 Å². The summed E-state index contributed by atoms with van der Waals surface area (Å²) in [6.07, 6.45) is 4.28. The number of benzene rings is 1. The SMILES string of the molecule is C[C@@H](C(=O)Nc1ccc2c(c1)C[C@@]1(C2)C(=O)Nc2ncccc21)N1CCC(C(N)=O)CC1. The highest BCUT2D eigenvalue weighted by atomic mass is 16.2. The summed E-state index contributed by atoms with van der Waals surface area (Å²) in [6.45, 7) is 3.24. The number of primary amides is 1. The number of rotatable bonds is 4. The summed E-state index contributed by atoms with van der Waals surface area (Å²) in [5, 5.41) is 5.95. The Labute approximate surface area is 186 Å². The third kappa shape index (κ3) is 3.35. The maximum Gasteiger partial charge on any atom is 0.241 e. The molecule has 1 spiro atoms. The van der Waals surface area contributed by atoms with Crippen LogP contribution in [0.1, 0.15) is 36.5 Å². The fourth-order valence-electron chi connectivity index (χ4n) is 5.33. The predicted octanol–water partition coefficient (Wildman–Crippen LogP) is 1.59. The summed E-state index contributed by atoms with van der Waals surface area (Å²) in [6, 6.07) is 9.42. The number of carbonyl (C=O) groups excluding carboxylic acids is 3. The first kappa shape index (κ1) is 20.6. The molecule has 2 aliphatic heterocycles. The van der Waals surface area contributed by atoms with E-state index in [1.54, 1.807) is 6.20 Å². The van der Waals surface area contributed by atoms with Gasteiger partial charge in [0.05, 0.1) is 11.5 Å². The number of nitrogens with zero attached hydrogens (tertiary/aromatic N) is 2. The van der Waals surface area contributed by atoms with Crippen molar-refractivity contribution in [3.63, 3.8) is 0 Å². The normalized spacial score (nSPS) is 23.5. The number of aromatic nitrogens is 1. The molecule has 1 aromatic carbocycles. The summed E-state index contributed by atoms with van der Waals surface area (Å²) in [5.74, 6) is 0.197. The summed E-state index contributed by atoms with van der Waals surface area (Å²) in [5.41, 5.74) is 8.66. The summed E-state index contributed by atoms with van der Waals surface area (Å²) in [7, 11) is 0. The van der Waals surface area contributed by atoms with Gasteiger partial charge in [-0.25, -0.2) is 4.98 Å². The van der Waals surface area contributed by atoms with E-state index >= 15 is 0 Å². The maximum absolute atomic E-state index is 12.9. The van der Waals surface area contributed by atoms with Crippen molar-refractivity contribution < 1.29 is 14.4 Å². The largest absolute Gasteiger partial charge is 0.369 e. The number of carbonyl (C=O) groups is 3. The lowest BCUT2D eigenvalue weighted by molar-refractivity contribution is -0.124. The molecule has 0 saturated carbocycles. The molecular weight excluding hydrogens is 406 g/mol. The van der Waals surface area contributed by atoms with Crippen LogP contribution in [0.5, 0.6) is 0 Å². The number of amides is 3. The summed E-state index contributed by atoms with van der Waals surface area (Å²) >= 11 is 0. The van der Waals surface area contributed by atoms with Gasteiger partial charge in [0.1, 0.15) is 5.82 Å². The molecule has 0 radical (unpaired) electrons. The monoisotopic (exact) mass is 433 g/mol. The van der Waals surface area contributed by atoms with E-state index in [1.165, 1.54) is 0 Å². The molecule has 166 valence electrons. The zero-order valence-electron chi connectivity index (χ0n) is 18.1.